The Labute approximate surface area is 116 Å². The van der Waals surface area contributed by atoms with Crippen molar-refractivity contribution in [1.82, 2.24) is 10.3 Å². The summed E-state index contributed by atoms with van der Waals surface area (Å²) in [6.07, 6.45) is 6.44. The SMILES string of the molecule is C=CCN(c1ncccc1CNC1CC1)C(C)(C)C. The lowest BCUT2D eigenvalue weighted by Crippen LogP contribution is -2.43. The maximum absolute atomic E-state index is 4.60. The molecule has 3 heteroatoms. The third-order valence-electron chi connectivity index (χ3n) is 3.40. The quantitative estimate of drug-likeness (QED) is 0.796. The Balaban J connectivity index is 2.21. The summed E-state index contributed by atoms with van der Waals surface area (Å²) in [5, 5.41) is 3.57. The van der Waals surface area contributed by atoms with E-state index in [0.29, 0.717) is 0 Å². The van der Waals surface area contributed by atoms with E-state index in [1.807, 2.05) is 18.3 Å². The van der Waals surface area contributed by atoms with Crippen molar-refractivity contribution in [2.24, 2.45) is 0 Å². The molecule has 0 saturated heterocycles. The first kappa shape index (κ1) is 14.1. The van der Waals surface area contributed by atoms with Crippen molar-refractivity contribution >= 4 is 5.82 Å². The molecule has 0 unspecified atom stereocenters. The normalized spacial score (nSPS) is 15.3. The number of nitrogens with zero attached hydrogens (tertiary/aromatic N) is 2. The van der Waals surface area contributed by atoms with E-state index in [0.717, 1.165) is 24.9 Å². The van der Waals surface area contributed by atoms with E-state index in [-0.39, 0.29) is 5.54 Å². The molecule has 0 aliphatic heterocycles. The van der Waals surface area contributed by atoms with Gasteiger partial charge < -0.3 is 10.2 Å². The fourth-order valence-electron chi connectivity index (χ4n) is 2.16. The van der Waals surface area contributed by atoms with Crippen molar-refractivity contribution in [1.29, 1.82) is 0 Å². The molecule has 104 valence electrons. The van der Waals surface area contributed by atoms with E-state index >= 15 is 0 Å². The summed E-state index contributed by atoms with van der Waals surface area (Å²) >= 11 is 0. The van der Waals surface area contributed by atoms with Crippen molar-refractivity contribution in [2.45, 2.75) is 51.7 Å². The van der Waals surface area contributed by atoms with Gasteiger partial charge in [0, 0.05) is 36.4 Å². The van der Waals surface area contributed by atoms with Crippen molar-refractivity contribution in [3.63, 3.8) is 0 Å². The van der Waals surface area contributed by atoms with Gasteiger partial charge in [0.1, 0.15) is 5.82 Å². The third kappa shape index (κ3) is 3.80. The average molecular weight is 259 g/mol. The van der Waals surface area contributed by atoms with Gasteiger partial charge in [-0.25, -0.2) is 4.98 Å². The van der Waals surface area contributed by atoms with E-state index in [1.54, 1.807) is 0 Å². The van der Waals surface area contributed by atoms with Crippen LogP contribution in [0.2, 0.25) is 0 Å². The van der Waals surface area contributed by atoms with Crippen LogP contribution >= 0.6 is 0 Å². The van der Waals surface area contributed by atoms with Crippen molar-refractivity contribution < 1.29 is 0 Å². The predicted molar refractivity (Wildman–Crippen MR) is 81.4 cm³/mol. The first-order valence-electron chi connectivity index (χ1n) is 7.08. The molecule has 1 heterocycles. The average Bonchev–Trinajstić information content (AvgIpc) is 3.17. The summed E-state index contributed by atoms with van der Waals surface area (Å²) in [7, 11) is 0. The standard InChI is InChI=1S/C16H25N3/c1-5-11-19(16(2,3)4)15-13(7-6-10-17-15)12-18-14-8-9-14/h5-7,10,14,18H,1,8-9,11-12H2,2-4H3. The second-order valence-electron chi connectivity index (χ2n) is 6.21. The first-order valence-corrected chi connectivity index (χ1v) is 7.08. The molecule has 3 nitrogen and oxygen atoms in total. The summed E-state index contributed by atoms with van der Waals surface area (Å²) in [6.45, 7) is 12.2. The monoisotopic (exact) mass is 259 g/mol. The van der Waals surface area contributed by atoms with Crippen LogP contribution in [0.3, 0.4) is 0 Å². The molecule has 19 heavy (non-hydrogen) atoms. The second-order valence-corrected chi connectivity index (χ2v) is 6.21. The molecule has 0 aromatic carbocycles. The molecule has 1 saturated carbocycles. The van der Waals surface area contributed by atoms with E-state index in [4.69, 9.17) is 0 Å². The molecule has 1 N–H and O–H groups in total. The first-order chi connectivity index (χ1) is 9.02. The third-order valence-corrected chi connectivity index (χ3v) is 3.40. The Morgan fingerprint density at radius 1 is 1.47 bits per heavy atom. The van der Waals surface area contributed by atoms with Crippen molar-refractivity contribution in [3.05, 3.63) is 36.5 Å². The maximum atomic E-state index is 4.60. The maximum Gasteiger partial charge on any atom is 0.133 e. The topological polar surface area (TPSA) is 28.2 Å². The number of nitrogens with one attached hydrogen (secondary N) is 1. The van der Waals surface area contributed by atoms with Gasteiger partial charge in [0.15, 0.2) is 0 Å². The minimum Gasteiger partial charge on any atom is -0.348 e. The predicted octanol–water partition coefficient (Wildman–Crippen LogP) is 3.12. The van der Waals surface area contributed by atoms with E-state index in [2.05, 4.69) is 48.6 Å². The van der Waals surface area contributed by atoms with Gasteiger partial charge in [0.05, 0.1) is 0 Å². The summed E-state index contributed by atoms with van der Waals surface area (Å²) in [5.74, 6) is 1.07. The molecule has 0 bridgehead atoms. The van der Waals surface area contributed by atoms with Gasteiger partial charge in [0.2, 0.25) is 0 Å². The van der Waals surface area contributed by atoms with E-state index in [9.17, 15) is 0 Å². The lowest BCUT2D eigenvalue weighted by atomic mass is 10.0. The van der Waals surface area contributed by atoms with Gasteiger partial charge in [-0.3, -0.25) is 0 Å². The van der Waals surface area contributed by atoms with Gasteiger partial charge in [0.25, 0.3) is 0 Å². The molecule has 2 rings (SSSR count). The number of pyridine rings is 1. The van der Waals surface area contributed by atoms with Crippen LogP contribution in [0.25, 0.3) is 0 Å². The number of anilines is 1. The Morgan fingerprint density at radius 2 is 2.21 bits per heavy atom. The minimum absolute atomic E-state index is 0.0386. The summed E-state index contributed by atoms with van der Waals surface area (Å²) in [6, 6.07) is 4.90. The lowest BCUT2D eigenvalue weighted by molar-refractivity contribution is 0.514. The van der Waals surface area contributed by atoms with Crippen LogP contribution in [0.1, 0.15) is 39.2 Å². The Hall–Kier alpha value is -1.35. The Morgan fingerprint density at radius 3 is 2.79 bits per heavy atom. The van der Waals surface area contributed by atoms with Gasteiger partial charge >= 0.3 is 0 Å². The molecular formula is C16H25N3. The van der Waals surface area contributed by atoms with E-state index < -0.39 is 0 Å². The summed E-state index contributed by atoms with van der Waals surface area (Å²) in [5.41, 5.74) is 1.31. The van der Waals surface area contributed by atoms with Crippen molar-refractivity contribution in [3.8, 4) is 0 Å². The smallest absolute Gasteiger partial charge is 0.133 e. The van der Waals surface area contributed by atoms with Gasteiger partial charge in [-0.2, -0.15) is 0 Å². The lowest BCUT2D eigenvalue weighted by Gasteiger charge is -2.37. The molecule has 1 aromatic rings. The highest BCUT2D eigenvalue weighted by Gasteiger charge is 2.25. The van der Waals surface area contributed by atoms with Gasteiger partial charge in [-0.1, -0.05) is 12.1 Å². The molecule has 1 aliphatic rings. The second kappa shape index (κ2) is 5.74. The number of aromatic nitrogens is 1. The molecule has 0 radical (unpaired) electrons. The molecule has 0 amide bonds. The molecule has 1 aliphatic carbocycles. The largest absolute Gasteiger partial charge is 0.348 e. The minimum atomic E-state index is 0.0386. The van der Waals surface area contributed by atoms with Crippen LogP contribution in [0.15, 0.2) is 31.0 Å². The Kier molecular flexibility index (Phi) is 4.25. The van der Waals surface area contributed by atoms with Gasteiger partial charge in [-0.15, -0.1) is 6.58 Å². The molecule has 0 spiro atoms. The fourth-order valence-corrected chi connectivity index (χ4v) is 2.16. The zero-order chi connectivity index (χ0) is 13.9. The van der Waals surface area contributed by atoms with Crippen LogP contribution in [-0.2, 0) is 6.54 Å². The highest BCUT2D eigenvalue weighted by Crippen LogP contribution is 2.26. The molecular weight excluding hydrogens is 234 g/mol. The van der Waals surface area contributed by atoms with Gasteiger partial charge in [-0.05, 0) is 39.7 Å². The Bertz CT molecular complexity index is 430. The van der Waals surface area contributed by atoms with Crippen LogP contribution in [0.4, 0.5) is 5.82 Å². The fraction of sp³-hybridized carbons (Fsp3) is 0.562. The summed E-state index contributed by atoms with van der Waals surface area (Å²) in [4.78, 5) is 6.91. The zero-order valence-corrected chi connectivity index (χ0v) is 12.3. The molecule has 1 aromatic heterocycles. The van der Waals surface area contributed by atoms with Crippen LogP contribution in [0.5, 0.6) is 0 Å². The van der Waals surface area contributed by atoms with Crippen LogP contribution in [-0.4, -0.2) is 23.1 Å². The van der Waals surface area contributed by atoms with Crippen LogP contribution < -0.4 is 10.2 Å². The highest BCUT2D eigenvalue weighted by molar-refractivity contribution is 5.49. The number of hydrogen-bond donors (Lipinski definition) is 1. The van der Waals surface area contributed by atoms with Crippen LogP contribution in [0, 0.1) is 0 Å². The van der Waals surface area contributed by atoms with Crippen molar-refractivity contribution in [2.75, 3.05) is 11.4 Å². The number of hydrogen-bond acceptors (Lipinski definition) is 3. The highest BCUT2D eigenvalue weighted by atomic mass is 15.2. The van der Waals surface area contributed by atoms with E-state index in [1.165, 1.54) is 18.4 Å². The summed E-state index contributed by atoms with van der Waals surface area (Å²) < 4.78 is 0. The molecule has 1 fully saturated rings. The number of rotatable bonds is 6. The zero-order valence-electron chi connectivity index (χ0n) is 12.3. The molecule has 0 atom stereocenters.